The van der Waals surface area contributed by atoms with Gasteiger partial charge in [-0.1, -0.05) is 41.0 Å². The largest absolute Gasteiger partial charge is 0.478 e. The van der Waals surface area contributed by atoms with Gasteiger partial charge in [0, 0.05) is 19.2 Å². The number of nitrogens with zero attached hydrogens (tertiary/aromatic N) is 2. The van der Waals surface area contributed by atoms with Crippen LogP contribution in [-0.4, -0.2) is 45.3 Å². The average Bonchev–Trinajstić information content (AvgIpc) is 2.92. The number of hydrogen-bond donors (Lipinski definition) is 2. The topological polar surface area (TPSA) is 99.1 Å². The van der Waals surface area contributed by atoms with Crippen LogP contribution in [0.2, 0.25) is 10.0 Å². The van der Waals surface area contributed by atoms with Crippen molar-refractivity contribution < 1.29 is 19.5 Å². The van der Waals surface area contributed by atoms with Crippen LogP contribution in [0.25, 0.3) is 0 Å². The molecule has 1 atom stereocenters. The lowest BCUT2D eigenvalue weighted by Crippen LogP contribution is -2.30. The maximum atomic E-state index is 12.5. The highest BCUT2D eigenvalue weighted by atomic mass is 35.5. The highest BCUT2D eigenvalue weighted by Gasteiger charge is 2.37. The lowest BCUT2D eigenvalue weighted by atomic mass is 10.2. The fraction of sp³-hybridized carbons (Fsp3) is 0.158. The maximum absolute atomic E-state index is 12.5. The molecule has 1 aliphatic rings. The number of hydrogen-bond acceptors (Lipinski definition) is 5. The number of carboxylic acids is 1. The number of amidine groups is 1. The number of thioether (sulfide) groups is 1. The summed E-state index contributed by atoms with van der Waals surface area (Å²) in [6, 6.07) is 10.8. The molecule has 1 fully saturated rings. The Morgan fingerprint density at radius 3 is 2.66 bits per heavy atom. The minimum Gasteiger partial charge on any atom is -0.478 e. The SMILES string of the molecule is CN1C(=O)[C@H](CC(=O)Nc2cccc(C(=O)O)c2)SC1=Nc1ccc(Cl)c(Cl)c1. The van der Waals surface area contributed by atoms with Crippen molar-refractivity contribution in [2.45, 2.75) is 11.7 Å². The van der Waals surface area contributed by atoms with Crippen molar-refractivity contribution in [3.63, 3.8) is 0 Å². The molecule has 3 rings (SSSR count). The summed E-state index contributed by atoms with van der Waals surface area (Å²) in [5, 5.41) is 12.2. The molecule has 1 heterocycles. The molecule has 10 heteroatoms. The Kier molecular flexibility index (Phi) is 6.46. The first-order chi connectivity index (χ1) is 13.7. The molecule has 0 unspecified atom stereocenters. The molecule has 2 aromatic carbocycles. The number of nitrogens with one attached hydrogen (secondary N) is 1. The zero-order valence-corrected chi connectivity index (χ0v) is 17.4. The third-order valence-electron chi connectivity index (χ3n) is 4.03. The first kappa shape index (κ1) is 21.2. The molecule has 0 radical (unpaired) electrons. The predicted octanol–water partition coefficient (Wildman–Crippen LogP) is 4.28. The van der Waals surface area contributed by atoms with E-state index in [2.05, 4.69) is 10.3 Å². The number of aromatic carboxylic acids is 1. The molecule has 2 N–H and O–H groups in total. The van der Waals surface area contributed by atoms with Gasteiger partial charge in [0.1, 0.15) is 5.25 Å². The Hall–Kier alpha value is -2.55. The van der Waals surface area contributed by atoms with Crippen LogP contribution in [-0.2, 0) is 9.59 Å². The zero-order chi connectivity index (χ0) is 21.1. The van der Waals surface area contributed by atoms with E-state index in [1.807, 2.05) is 0 Å². The third kappa shape index (κ3) is 5.09. The van der Waals surface area contributed by atoms with Crippen molar-refractivity contribution in [3.05, 3.63) is 58.1 Å². The van der Waals surface area contributed by atoms with Crippen molar-refractivity contribution in [3.8, 4) is 0 Å². The molecule has 0 saturated carbocycles. The highest BCUT2D eigenvalue weighted by molar-refractivity contribution is 8.15. The summed E-state index contributed by atoms with van der Waals surface area (Å²) < 4.78 is 0. The van der Waals surface area contributed by atoms with Crippen LogP contribution in [0.5, 0.6) is 0 Å². The van der Waals surface area contributed by atoms with E-state index in [0.717, 1.165) is 0 Å². The van der Waals surface area contributed by atoms with Crippen molar-refractivity contribution >= 4 is 69.3 Å². The van der Waals surface area contributed by atoms with Crippen molar-refractivity contribution in [2.24, 2.45) is 4.99 Å². The molecule has 0 bridgehead atoms. The summed E-state index contributed by atoms with van der Waals surface area (Å²) in [4.78, 5) is 41.6. The Morgan fingerprint density at radius 1 is 1.21 bits per heavy atom. The van der Waals surface area contributed by atoms with Gasteiger partial charge >= 0.3 is 5.97 Å². The summed E-state index contributed by atoms with van der Waals surface area (Å²) in [6.07, 6.45) is -0.0778. The van der Waals surface area contributed by atoms with E-state index in [-0.39, 0.29) is 17.9 Å². The van der Waals surface area contributed by atoms with Crippen molar-refractivity contribution in [1.82, 2.24) is 4.90 Å². The lowest BCUT2D eigenvalue weighted by Gasteiger charge is -2.09. The van der Waals surface area contributed by atoms with Gasteiger partial charge in [0.05, 0.1) is 21.3 Å². The Morgan fingerprint density at radius 2 is 1.97 bits per heavy atom. The minimum atomic E-state index is -1.09. The minimum absolute atomic E-state index is 0.0601. The molecule has 0 aliphatic carbocycles. The number of carbonyl (C=O) groups is 3. The molecule has 2 aromatic rings. The van der Waals surface area contributed by atoms with E-state index < -0.39 is 17.1 Å². The van der Waals surface area contributed by atoms with Gasteiger partial charge < -0.3 is 10.4 Å². The second-order valence-electron chi connectivity index (χ2n) is 6.13. The van der Waals surface area contributed by atoms with Gasteiger partial charge in [-0.3, -0.25) is 14.5 Å². The Bertz CT molecular complexity index is 1030. The molecule has 2 amide bonds. The third-order valence-corrected chi connectivity index (χ3v) is 6.00. The molecule has 0 aromatic heterocycles. The average molecular weight is 452 g/mol. The van der Waals surface area contributed by atoms with E-state index in [4.69, 9.17) is 28.3 Å². The van der Waals surface area contributed by atoms with Gasteiger partial charge in [0.15, 0.2) is 5.17 Å². The molecule has 150 valence electrons. The van der Waals surface area contributed by atoms with Crippen LogP contribution < -0.4 is 5.32 Å². The van der Waals surface area contributed by atoms with Crippen molar-refractivity contribution in [1.29, 1.82) is 0 Å². The summed E-state index contributed by atoms with van der Waals surface area (Å²) >= 11 is 13.1. The number of halogens is 2. The van der Waals surface area contributed by atoms with E-state index in [0.29, 0.717) is 26.6 Å². The molecule has 29 heavy (non-hydrogen) atoms. The molecule has 7 nitrogen and oxygen atoms in total. The zero-order valence-electron chi connectivity index (χ0n) is 15.1. The van der Waals surface area contributed by atoms with Crippen molar-refractivity contribution in [2.75, 3.05) is 12.4 Å². The summed E-state index contributed by atoms with van der Waals surface area (Å²) in [7, 11) is 1.58. The lowest BCUT2D eigenvalue weighted by molar-refractivity contribution is -0.127. The monoisotopic (exact) mass is 451 g/mol. The standard InChI is InChI=1S/C19H15Cl2N3O4S/c1-24-17(26)15(29-19(24)23-12-5-6-13(20)14(21)8-12)9-16(25)22-11-4-2-3-10(7-11)18(27)28/h2-8,15H,9H2,1H3,(H,22,25)(H,27,28)/t15-/m0/s1. The number of anilines is 1. The smallest absolute Gasteiger partial charge is 0.335 e. The fourth-order valence-electron chi connectivity index (χ4n) is 2.57. The van der Waals surface area contributed by atoms with E-state index >= 15 is 0 Å². The van der Waals surface area contributed by atoms with Gasteiger partial charge in [-0.15, -0.1) is 0 Å². The fourth-order valence-corrected chi connectivity index (χ4v) is 4.02. The summed E-state index contributed by atoms with van der Waals surface area (Å²) in [5.41, 5.74) is 0.949. The second-order valence-corrected chi connectivity index (χ2v) is 8.12. The number of rotatable bonds is 5. The summed E-state index contributed by atoms with van der Waals surface area (Å²) in [5.74, 6) is -1.74. The Labute approximate surface area is 180 Å². The van der Waals surface area contributed by atoms with E-state index in [1.165, 1.54) is 34.9 Å². The molecular formula is C19H15Cl2N3O4S. The molecular weight excluding hydrogens is 437 g/mol. The number of aliphatic imine (C=N–C) groups is 1. The van der Waals surface area contributed by atoms with Crippen LogP contribution in [0, 0.1) is 0 Å². The quantitative estimate of drug-likeness (QED) is 0.706. The van der Waals surface area contributed by atoms with Gasteiger partial charge in [-0.25, -0.2) is 9.79 Å². The molecule has 0 spiro atoms. The number of benzene rings is 2. The summed E-state index contributed by atoms with van der Waals surface area (Å²) in [6.45, 7) is 0. The van der Waals surface area contributed by atoms with Gasteiger partial charge in [0.25, 0.3) is 0 Å². The predicted molar refractivity (Wildman–Crippen MR) is 114 cm³/mol. The van der Waals surface area contributed by atoms with Crippen LogP contribution in [0.1, 0.15) is 16.8 Å². The van der Waals surface area contributed by atoms with Crippen LogP contribution in [0.3, 0.4) is 0 Å². The van der Waals surface area contributed by atoms with Crippen LogP contribution in [0.4, 0.5) is 11.4 Å². The van der Waals surface area contributed by atoms with E-state index in [1.54, 1.807) is 31.3 Å². The first-order valence-electron chi connectivity index (χ1n) is 8.36. The van der Waals surface area contributed by atoms with Gasteiger partial charge in [-0.2, -0.15) is 0 Å². The number of amides is 2. The van der Waals surface area contributed by atoms with Gasteiger partial charge in [0.2, 0.25) is 11.8 Å². The van der Waals surface area contributed by atoms with Crippen LogP contribution in [0.15, 0.2) is 47.5 Å². The maximum Gasteiger partial charge on any atom is 0.335 e. The number of carboxylic acid groups (broad SMARTS) is 1. The highest BCUT2D eigenvalue weighted by Crippen LogP contribution is 2.32. The second kappa shape index (κ2) is 8.86. The van der Waals surface area contributed by atoms with E-state index in [9.17, 15) is 14.4 Å². The van der Waals surface area contributed by atoms with Crippen LogP contribution >= 0.6 is 35.0 Å². The first-order valence-corrected chi connectivity index (χ1v) is 9.99. The van der Waals surface area contributed by atoms with Gasteiger partial charge in [-0.05, 0) is 36.4 Å². The number of carbonyl (C=O) groups excluding carboxylic acids is 2. The molecule has 1 aliphatic heterocycles. The Balaban J connectivity index is 1.68. The molecule has 1 saturated heterocycles. The normalized spacial score (nSPS) is 17.6.